The van der Waals surface area contributed by atoms with Crippen molar-refractivity contribution in [1.29, 1.82) is 0 Å². The number of aryl methyl sites for hydroxylation is 1. The van der Waals surface area contributed by atoms with Gasteiger partial charge in [0.2, 0.25) is 5.89 Å². The fourth-order valence-electron chi connectivity index (χ4n) is 2.55. The third kappa shape index (κ3) is 3.34. The van der Waals surface area contributed by atoms with E-state index >= 15 is 0 Å². The van der Waals surface area contributed by atoms with Gasteiger partial charge in [-0.15, -0.1) is 10.2 Å². The molecular weight excluding hydrogens is 332 g/mol. The highest BCUT2D eigenvalue weighted by Crippen LogP contribution is 2.26. The minimum Gasteiger partial charge on any atom is -0.444 e. The number of hydrogen-bond acceptors (Lipinski definition) is 5. The second-order valence-corrected chi connectivity index (χ2v) is 6.51. The summed E-state index contributed by atoms with van der Waals surface area (Å²) in [5.41, 5.74) is 4.11. The van der Waals surface area contributed by atoms with Crippen LogP contribution in [0.5, 0.6) is 0 Å². The Hall–Kier alpha value is -2.86. The SMILES string of the molecule is Cc1ccccc1-n1cnnc1SCc1coc(-c2ccccc2)n1. The van der Waals surface area contributed by atoms with E-state index in [0.29, 0.717) is 11.6 Å². The van der Waals surface area contributed by atoms with Gasteiger partial charge >= 0.3 is 0 Å². The quantitative estimate of drug-likeness (QED) is 0.496. The highest BCUT2D eigenvalue weighted by atomic mass is 32.2. The van der Waals surface area contributed by atoms with Gasteiger partial charge in [0, 0.05) is 11.3 Å². The average molecular weight is 348 g/mol. The van der Waals surface area contributed by atoms with Crippen LogP contribution in [0.3, 0.4) is 0 Å². The van der Waals surface area contributed by atoms with Crippen molar-refractivity contribution >= 4 is 11.8 Å². The molecule has 0 bridgehead atoms. The molecule has 0 spiro atoms. The lowest BCUT2D eigenvalue weighted by atomic mass is 10.2. The minimum absolute atomic E-state index is 0.636. The summed E-state index contributed by atoms with van der Waals surface area (Å²) in [5, 5.41) is 9.12. The molecule has 4 rings (SSSR count). The smallest absolute Gasteiger partial charge is 0.226 e. The Bertz CT molecular complexity index is 978. The summed E-state index contributed by atoms with van der Waals surface area (Å²) in [6, 6.07) is 18.1. The van der Waals surface area contributed by atoms with Crippen LogP contribution in [0.15, 0.2) is 76.8 Å². The standard InChI is InChI=1S/C19H16N4OS/c1-14-7-5-6-10-17(14)23-13-20-22-19(23)25-12-16-11-24-18(21-16)15-8-3-2-4-9-15/h2-11,13H,12H2,1H3. The average Bonchev–Trinajstić information content (AvgIpc) is 3.30. The van der Waals surface area contributed by atoms with Crippen molar-refractivity contribution in [2.45, 2.75) is 17.8 Å². The Kier molecular flexibility index (Phi) is 4.35. The highest BCUT2D eigenvalue weighted by Gasteiger charge is 2.11. The van der Waals surface area contributed by atoms with E-state index in [1.807, 2.05) is 47.0 Å². The van der Waals surface area contributed by atoms with Crippen LogP contribution in [0.1, 0.15) is 11.3 Å². The van der Waals surface area contributed by atoms with Crippen molar-refractivity contribution in [2.75, 3.05) is 0 Å². The topological polar surface area (TPSA) is 56.7 Å². The molecule has 0 saturated heterocycles. The number of aromatic nitrogens is 4. The molecule has 0 saturated carbocycles. The molecule has 0 unspecified atom stereocenters. The van der Waals surface area contributed by atoms with E-state index in [4.69, 9.17) is 4.42 Å². The molecule has 0 atom stereocenters. The van der Waals surface area contributed by atoms with Crippen molar-refractivity contribution in [3.8, 4) is 17.1 Å². The normalized spacial score (nSPS) is 10.9. The molecule has 0 aliphatic heterocycles. The van der Waals surface area contributed by atoms with Gasteiger partial charge in [0.1, 0.15) is 12.6 Å². The van der Waals surface area contributed by atoms with Gasteiger partial charge in [-0.1, -0.05) is 48.2 Å². The van der Waals surface area contributed by atoms with Crippen LogP contribution >= 0.6 is 11.8 Å². The minimum atomic E-state index is 0.636. The highest BCUT2D eigenvalue weighted by molar-refractivity contribution is 7.98. The Morgan fingerprint density at radius 1 is 1.04 bits per heavy atom. The van der Waals surface area contributed by atoms with Crippen molar-refractivity contribution in [1.82, 2.24) is 19.7 Å². The van der Waals surface area contributed by atoms with Gasteiger partial charge in [0.15, 0.2) is 5.16 Å². The van der Waals surface area contributed by atoms with Crippen LogP contribution < -0.4 is 0 Å². The van der Waals surface area contributed by atoms with Gasteiger partial charge in [-0.25, -0.2) is 4.98 Å². The maximum Gasteiger partial charge on any atom is 0.226 e. The largest absolute Gasteiger partial charge is 0.444 e. The number of nitrogens with zero attached hydrogens (tertiary/aromatic N) is 4. The number of benzene rings is 2. The lowest BCUT2D eigenvalue weighted by Crippen LogP contribution is -1.97. The molecule has 0 fully saturated rings. The van der Waals surface area contributed by atoms with E-state index in [0.717, 1.165) is 22.1 Å². The third-order valence-electron chi connectivity index (χ3n) is 3.81. The van der Waals surface area contributed by atoms with E-state index in [1.54, 1.807) is 24.4 Å². The van der Waals surface area contributed by atoms with Gasteiger partial charge in [-0.2, -0.15) is 0 Å². The number of rotatable bonds is 5. The first-order chi connectivity index (χ1) is 12.3. The molecule has 0 aliphatic rings. The Labute approximate surface area is 149 Å². The van der Waals surface area contributed by atoms with E-state index in [9.17, 15) is 0 Å². The first-order valence-corrected chi connectivity index (χ1v) is 8.88. The molecule has 0 N–H and O–H groups in total. The van der Waals surface area contributed by atoms with Crippen LogP contribution in [0, 0.1) is 6.92 Å². The first-order valence-electron chi connectivity index (χ1n) is 7.90. The van der Waals surface area contributed by atoms with E-state index < -0.39 is 0 Å². The van der Waals surface area contributed by atoms with Crippen LogP contribution in [0.2, 0.25) is 0 Å². The summed E-state index contributed by atoms with van der Waals surface area (Å²) in [7, 11) is 0. The molecule has 2 aromatic heterocycles. The Morgan fingerprint density at radius 2 is 1.84 bits per heavy atom. The summed E-state index contributed by atoms with van der Waals surface area (Å²) in [6.07, 6.45) is 3.44. The molecule has 25 heavy (non-hydrogen) atoms. The van der Waals surface area contributed by atoms with Crippen molar-refractivity contribution < 1.29 is 4.42 Å². The van der Waals surface area contributed by atoms with Crippen LogP contribution in [0.4, 0.5) is 0 Å². The van der Waals surface area contributed by atoms with Crippen LogP contribution in [0.25, 0.3) is 17.1 Å². The zero-order chi connectivity index (χ0) is 17.1. The molecule has 2 aromatic carbocycles. The zero-order valence-corrected chi connectivity index (χ0v) is 14.5. The molecule has 124 valence electrons. The fourth-order valence-corrected chi connectivity index (χ4v) is 3.35. The maximum absolute atomic E-state index is 5.59. The summed E-state index contributed by atoms with van der Waals surface area (Å²) in [5.74, 6) is 1.30. The molecular formula is C19H16N4OS. The van der Waals surface area contributed by atoms with E-state index in [1.165, 1.54) is 5.56 Å². The molecule has 4 aromatic rings. The lowest BCUT2D eigenvalue weighted by Gasteiger charge is -2.08. The van der Waals surface area contributed by atoms with E-state index in [2.05, 4.69) is 34.2 Å². The summed E-state index contributed by atoms with van der Waals surface area (Å²) < 4.78 is 7.59. The zero-order valence-electron chi connectivity index (χ0n) is 13.7. The second kappa shape index (κ2) is 6.94. The monoisotopic (exact) mass is 348 g/mol. The molecule has 0 aliphatic carbocycles. The Balaban J connectivity index is 1.51. The van der Waals surface area contributed by atoms with Gasteiger partial charge < -0.3 is 4.42 Å². The van der Waals surface area contributed by atoms with Gasteiger partial charge in [0.25, 0.3) is 0 Å². The van der Waals surface area contributed by atoms with Crippen molar-refractivity contribution in [3.63, 3.8) is 0 Å². The fraction of sp³-hybridized carbons (Fsp3) is 0.105. The molecule has 0 radical (unpaired) electrons. The van der Waals surface area contributed by atoms with Gasteiger partial charge in [0.05, 0.1) is 11.4 Å². The summed E-state index contributed by atoms with van der Waals surface area (Å²) >= 11 is 1.59. The lowest BCUT2D eigenvalue weighted by molar-refractivity contribution is 0.573. The molecule has 0 amide bonds. The molecule has 5 nitrogen and oxygen atoms in total. The number of para-hydroxylation sites is 1. The summed E-state index contributed by atoms with van der Waals surface area (Å²) in [4.78, 5) is 4.55. The van der Waals surface area contributed by atoms with Crippen molar-refractivity contribution in [3.05, 3.63) is 78.4 Å². The van der Waals surface area contributed by atoms with Crippen LogP contribution in [-0.2, 0) is 5.75 Å². The van der Waals surface area contributed by atoms with Gasteiger partial charge in [-0.3, -0.25) is 4.57 Å². The first kappa shape index (κ1) is 15.7. The third-order valence-corrected chi connectivity index (χ3v) is 4.79. The van der Waals surface area contributed by atoms with Gasteiger partial charge in [-0.05, 0) is 30.7 Å². The predicted octanol–water partition coefficient (Wildman–Crippen LogP) is 4.52. The predicted molar refractivity (Wildman–Crippen MR) is 97.6 cm³/mol. The Morgan fingerprint density at radius 3 is 2.68 bits per heavy atom. The second-order valence-electron chi connectivity index (χ2n) is 5.57. The number of oxazole rings is 1. The number of hydrogen-bond donors (Lipinski definition) is 0. The number of thioether (sulfide) groups is 1. The van der Waals surface area contributed by atoms with E-state index in [-0.39, 0.29) is 0 Å². The maximum atomic E-state index is 5.59. The molecule has 2 heterocycles. The van der Waals surface area contributed by atoms with Crippen LogP contribution in [-0.4, -0.2) is 19.7 Å². The van der Waals surface area contributed by atoms with Crippen molar-refractivity contribution in [2.24, 2.45) is 0 Å². The summed E-state index contributed by atoms with van der Waals surface area (Å²) in [6.45, 7) is 2.08. The molecule has 6 heteroatoms.